The molecule has 0 fully saturated rings. The quantitative estimate of drug-likeness (QED) is 0.497. The molecule has 5 heteroatoms. The van der Waals surface area contributed by atoms with Gasteiger partial charge in [-0.05, 0) is 30.5 Å². The predicted molar refractivity (Wildman–Crippen MR) is 82.8 cm³/mol. The van der Waals surface area contributed by atoms with Gasteiger partial charge in [-0.1, -0.05) is 24.3 Å². The smallest absolute Gasteiger partial charge is 0.191 e. The molecule has 0 heterocycles. The Bertz CT molecular complexity index is 491. The van der Waals surface area contributed by atoms with Crippen molar-refractivity contribution in [1.82, 2.24) is 10.6 Å². The lowest BCUT2D eigenvalue weighted by Gasteiger charge is -2.21. The number of hydrogen-bond acceptors (Lipinski definition) is 2. The Balaban J connectivity index is 1.87. The lowest BCUT2D eigenvalue weighted by molar-refractivity contribution is 0.106. The van der Waals surface area contributed by atoms with Crippen molar-refractivity contribution in [3.05, 3.63) is 47.8 Å². The van der Waals surface area contributed by atoms with E-state index < -0.39 is 0 Å². The standard InChI is InChI=1S/C16H22FN3O/c1-18-16(20-14-5-3-4-6-14)19-11-15(21-2)12-7-9-13(17)10-8-12/h3-4,7-10,14-15H,5-6,11H2,1-2H3,(H2,18,19,20). The molecule has 0 bridgehead atoms. The zero-order valence-electron chi connectivity index (χ0n) is 12.5. The third-order valence-electron chi connectivity index (χ3n) is 3.55. The lowest BCUT2D eigenvalue weighted by atomic mass is 10.1. The molecule has 1 aromatic carbocycles. The summed E-state index contributed by atoms with van der Waals surface area (Å²) >= 11 is 0. The van der Waals surface area contributed by atoms with Crippen molar-refractivity contribution >= 4 is 5.96 Å². The molecule has 0 amide bonds. The van der Waals surface area contributed by atoms with Crippen molar-refractivity contribution in [2.24, 2.45) is 4.99 Å². The number of halogens is 1. The fraction of sp³-hybridized carbons (Fsp3) is 0.438. The van der Waals surface area contributed by atoms with Crippen LogP contribution in [0.4, 0.5) is 4.39 Å². The summed E-state index contributed by atoms with van der Waals surface area (Å²) in [6.07, 6.45) is 6.23. The van der Waals surface area contributed by atoms with Gasteiger partial charge < -0.3 is 15.4 Å². The first-order chi connectivity index (χ1) is 10.2. The zero-order chi connectivity index (χ0) is 15.1. The topological polar surface area (TPSA) is 45.7 Å². The maximum absolute atomic E-state index is 13.0. The first kappa shape index (κ1) is 15.5. The van der Waals surface area contributed by atoms with Gasteiger partial charge in [-0.25, -0.2) is 4.39 Å². The van der Waals surface area contributed by atoms with Crippen LogP contribution in [0.25, 0.3) is 0 Å². The van der Waals surface area contributed by atoms with E-state index in [0.29, 0.717) is 12.6 Å². The normalized spacial score (nSPS) is 17.0. The predicted octanol–water partition coefficient (Wildman–Crippen LogP) is 2.40. The van der Waals surface area contributed by atoms with E-state index in [9.17, 15) is 4.39 Å². The highest BCUT2D eigenvalue weighted by Crippen LogP contribution is 2.16. The van der Waals surface area contributed by atoms with Gasteiger partial charge in [0.05, 0.1) is 6.10 Å². The number of aliphatic imine (C=N–C) groups is 1. The number of benzene rings is 1. The average Bonchev–Trinajstić information content (AvgIpc) is 3.01. The molecule has 0 spiro atoms. The largest absolute Gasteiger partial charge is 0.375 e. The van der Waals surface area contributed by atoms with Crippen molar-refractivity contribution in [2.45, 2.75) is 25.0 Å². The van der Waals surface area contributed by atoms with E-state index in [1.807, 2.05) is 0 Å². The molecular formula is C16H22FN3O. The molecule has 1 aliphatic carbocycles. The molecule has 0 radical (unpaired) electrons. The number of nitrogens with one attached hydrogen (secondary N) is 2. The van der Waals surface area contributed by atoms with Gasteiger partial charge in [0.25, 0.3) is 0 Å². The number of nitrogens with zero attached hydrogens (tertiary/aromatic N) is 1. The summed E-state index contributed by atoms with van der Waals surface area (Å²) in [7, 11) is 3.39. The molecule has 2 rings (SSSR count). The van der Waals surface area contributed by atoms with Crippen molar-refractivity contribution in [3.8, 4) is 0 Å². The molecule has 114 valence electrons. The number of hydrogen-bond donors (Lipinski definition) is 2. The fourth-order valence-electron chi connectivity index (χ4n) is 2.33. The maximum atomic E-state index is 13.0. The van der Waals surface area contributed by atoms with Gasteiger partial charge in [0.1, 0.15) is 5.82 Å². The van der Waals surface area contributed by atoms with Gasteiger partial charge in [-0.3, -0.25) is 4.99 Å². The minimum Gasteiger partial charge on any atom is -0.375 e. The Kier molecular flexibility index (Phi) is 5.75. The minimum absolute atomic E-state index is 0.147. The van der Waals surface area contributed by atoms with Crippen LogP contribution in [-0.4, -0.2) is 32.7 Å². The van der Waals surface area contributed by atoms with Gasteiger partial charge in [-0.15, -0.1) is 0 Å². The van der Waals surface area contributed by atoms with E-state index >= 15 is 0 Å². The number of guanidine groups is 1. The van der Waals surface area contributed by atoms with Crippen molar-refractivity contribution in [1.29, 1.82) is 0 Å². The third-order valence-corrected chi connectivity index (χ3v) is 3.55. The molecule has 0 saturated carbocycles. The Labute approximate surface area is 125 Å². The summed E-state index contributed by atoms with van der Waals surface area (Å²) in [6.45, 7) is 0.571. The van der Waals surface area contributed by atoms with Crippen molar-refractivity contribution in [3.63, 3.8) is 0 Å². The molecule has 0 aliphatic heterocycles. The summed E-state index contributed by atoms with van der Waals surface area (Å²) in [5, 5.41) is 6.62. The molecule has 1 aliphatic rings. The van der Waals surface area contributed by atoms with E-state index in [4.69, 9.17) is 4.74 Å². The summed E-state index contributed by atoms with van der Waals surface area (Å²) in [5.41, 5.74) is 0.935. The van der Waals surface area contributed by atoms with E-state index in [-0.39, 0.29) is 11.9 Å². The van der Waals surface area contributed by atoms with Crippen LogP contribution in [-0.2, 0) is 4.74 Å². The molecule has 0 aromatic heterocycles. The summed E-state index contributed by atoms with van der Waals surface area (Å²) in [6, 6.07) is 6.77. The van der Waals surface area contributed by atoms with Crippen molar-refractivity contribution in [2.75, 3.05) is 20.7 Å². The first-order valence-electron chi connectivity index (χ1n) is 7.13. The van der Waals surface area contributed by atoms with Crippen LogP contribution in [0.5, 0.6) is 0 Å². The first-order valence-corrected chi connectivity index (χ1v) is 7.13. The van der Waals surface area contributed by atoms with E-state index in [0.717, 1.165) is 24.4 Å². The second-order valence-corrected chi connectivity index (χ2v) is 5.01. The second-order valence-electron chi connectivity index (χ2n) is 5.01. The van der Waals surface area contributed by atoms with Gasteiger partial charge >= 0.3 is 0 Å². The number of methoxy groups -OCH3 is 1. The van der Waals surface area contributed by atoms with Crippen LogP contribution >= 0.6 is 0 Å². The van der Waals surface area contributed by atoms with E-state index in [1.54, 1.807) is 26.3 Å². The van der Waals surface area contributed by atoms with Crippen LogP contribution in [0.15, 0.2) is 41.4 Å². The molecule has 1 atom stereocenters. The van der Waals surface area contributed by atoms with Crippen LogP contribution < -0.4 is 10.6 Å². The Morgan fingerprint density at radius 3 is 2.57 bits per heavy atom. The number of rotatable bonds is 5. The van der Waals surface area contributed by atoms with Crippen LogP contribution in [0.2, 0.25) is 0 Å². The van der Waals surface area contributed by atoms with Crippen molar-refractivity contribution < 1.29 is 9.13 Å². The molecule has 2 N–H and O–H groups in total. The van der Waals surface area contributed by atoms with Crippen LogP contribution in [0.3, 0.4) is 0 Å². The summed E-state index contributed by atoms with van der Waals surface area (Å²) in [4.78, 5) is 4.22. The van der Waals surface area contributed by atoms with Crippen LogP contribution in [0.1, 0.15) is 24.5 Å². The molecular weight excluding hydrogens is 269 g/mol. The third kappa shape index (κ3) is 4.56. The summed E-state index contributed by atoms with van der Waals surface area (Å²) in [5.74, 6) is 0.514. The molecule has 21 heavy (non-hydrogen) atoms. The maximum Gasteiger partial charge on any atom is 0.191 e. The Morgan fingerprint density at radius 2 is 2.00 bits per heavy atom. The van der Waals surface area contributed by atoms with E-state index in [2.05, 4.69) is 27.8 Å². The minimum atomic E-state index is -0.243. The highest BCUT2D eigenvalue weighted by molar-refractivity contribution is 5.80. The van der Waals surface area contributed by atoms with Gasteiger partial charge in [-0.2, -0.15) is 0 Å². The summed E-state index contributed by atoms with van der Waals surface area (Å²) < 4.78 is 18.4. The Morgan fingerprint density at radius 1 is 1.33 bits per heavy atom. The molecule has 1 unspecified atom stereocenters. The molecule has 0 saturated heterocycles. The fourth-order valence-corrected chi connectivity index (χ4v) is 2.33. The second kappa shape index (κ2) is 7.78. The van der Waals surface area contributed by atoms with Gasteiger partial charge in [0, 0.05) is 26.7 Å². The van der Waals surface area contributed by atoms with Crippen LogP contribution in [0, 0.1) is 5.82 Å². The van der Waals surface area contributed by atoms with Gasteiger partial charge in [0.15, 0.2) is 5.96 Å². The molecule has 4 nitrogen and oxygen atoms in total. The lowest BCUT2D eigenvalue weighted by Crippen LogP contribution is -2.44. The molecule has 1 aromatic rings. The monoisotopic (exact) mass is 291 g/mol. The number of ether oxygens (including phenoxy) is 1. The average molecular weight is 291 g/mol. The SMILES string of the molecule is CN=C(NCC(OC)c1ccc(F)cc1)NC1CC=CC1. The van der Waals surface area contributed by atoms with E-state index in [1.165, 1.54) is 12.1 Å². The highest BCUT2D eigenvalue weighted by atomic mass is 19.1. The highest BCUT2D eigenvalue weighted by Gasteiger charge is 2.14. The Hall–Kier alpha value is -1.88. The van der Waals surface area contributed by atoms with Gasteiger partial charge in [0.2, 0.25) is 0 Å². The zero-order valence-corrected chi connectivity index (χ0v) is 12.5.